The molecule has 2 aromatic rings. The van der Waals surface area contributed by atoms with Crippen molar-refractivity contribution >= 4 is 16.8 Å². The first kappa shape index (κ1) is 16.3. The number of amides is 1. The fraction of sp³-hybridized carbons (Fsp3) is 0.526. The summed E-state index contributed by atoms with van der Waals surface area (Å²) >= 11 is 0. The number of rotatable bonds is 3. The van der Waals surface area contributed by atoms with Crippen LogP contribution in [-0.4, -0.2) is 34.7 Å². The number of aryl methyl sites for hydroxylation is 1. The Kier molecular flexibility index (Phi) is 4.53. The lowest BCUT2D eigenvalue weighted by Crippen LogP contribution is -2.31. The number of hydrogen-bond acceptors (Lipinski definition) is 4. The van der Waals surface area contributed by atoms with Gasteiger partial charge in [-0.1, -0.05) is 6.42 Å². The first-order valence-electron chi connectivity index (χ1n) is 9.15. The van der Waals surface area contributed by atoms with Gasteiger partial charge in [0.1, 0.15) is 5.82 Å². The van der Waals surface area contributed by atoms with Gasteiger partial charge in [-0.2, -0.15) is 0 Å². The van der Waals surface area contributed by atoms with Gasteiger partial charge in [-0.05, 0) is 43.9 Å². The second-order valence-electron chi connectivity index (χ2n) is 6.87. The molecule has 1 saturated heterocycles. The molecule has 0 spiro atoms. The molecule has 25 heavy (non-hydrogen) atoms. The third kappa shape index (κ3) is 3.31. The average molecular weight is 341 g/mol. The maximum atomic E-state index is 12.7. The van der Waals surface area contributed by atoms with E-state index < -0.39 is 0 Å². The molecule has 2 aliphatic rings. The van der Waals surface area contributed by atoms with Gasteiger partial charge in [0.2, 0.25) is 0 Å². The Balaban J connectivity index is 1.61. The summed E-state index contributed by atoms with van der Waals surface area (Å²) in [6, 6.07) is 5.16. The summed E-state index contributed by atoms with van der Waals surface area (Å²) in [6.45, 7) is 2.04. The van der Waals surface area contributed by atoms with E-state index in [4.69, 9.17) is 4.74 Å². The molecule has 132 valence electrons. The van der Waals surface area contributed by atoms with Crippen molar-refractivity contribution in [1.82, 2.24) is 14.9 Å². The van der Waals surface area contributed by atoms with E-state index in [0.717, 1.165) is 57.5 Å². The number of nitrogens with one attached hydrogen (secondary N) is 1. The molecule has 0 radical (unpaired) electrons. The van der Waals surface area contributed by atoms with Crippen LogP contribution in [-0.2, 0) is 17.7 Å². The molecule has 2 aliphatic heterocycles. The Morgan fingerprint density at radius 2 is 2.20 bits per heavy atom. The minimum Gasteiger partial charge on any atom is -0.376 e. The summed E-state index contributed by atoms with van der Waals surface area (Å²) in [5, 5.41) is 3.50. The molecule has 1 aromatic heterocycles. The van der Waals surface area contributed by atoms with E-state index in [1.54, 1.807) is 22.8 Å². The summed E-state index contributed by atoms with van der Waals surface area (Å²) in [4.78, 5) is 29.8. The number of aromatic nitrogens is 2. The molecule has 6 nitrogen and oxygen atoms in total. The lowest BCUT2D eigenvalue weighted by molar-refractivity contribution is 0.0858. The van der Waals surface area contributed by atoms with Gasteiger partial charge >= 0.3 is 0 Å². The van der Waals surface area contributed by atoms with E-state index in [1.165, 1.54) is 0 Å². The maximum absolute atomic E-state index is 12.7. The van der Waals surface area contributed by atoms with Crippen LogP contribution in [0.3, 0.4) is 0 Å². The minimum atomic E-state index is -0.144. The lowest BCUT2D eigenvalue weighted by Gasteiger charge is -2.12. The zero-order valence-electron chi connectivity index (χ0n) is 14.3. The molecule has 1 amide bonds. The van der Waals surface area contributed by atoms with Crippen molar-refractivity contribution in [1.29, 1.82) is 0 Å². The van der Waals surface area contributed by atoms with E-state index >= 15 is 0 Å². The highest BCUT2D eigenvalue weighted by molar-refractivity contribution is 5.97. The van der Waals surface area contributed by atoms with Crippen molar-refractivity contribution in [2.45, 2.75) is 51.2 Å². The first-order valence-corrected chi connectivity index (χ1v) is 9.15. The fourth-order valence-corrected chi connectivity index (χ4v) is 3.67. The van der Waals surface area contributed by atoms with Gasteiger partial charge in [0, 0.05) is 31.7 Å². The van der Waals surface area contributed by atoms with Crippen LogP contribution < -0.4 is 10.9 Å². The third-order valence-electron chi connectivity index (χ3n) is 5.09. The fourth-order valence-electron chi connectivity index (χ4n) is 3.67. The Morgan fingerprint density at radius 1 is 1.28 bits per heavy atom. The van der Waals surface area contributed by atoms with Gasteiger partial charge < -0.3 is 10.1 Å². The van der Waals surface area contributed by atoms with Crippen molar-refractivity contribution in [3.8, 4) is 0 Å². The first-order chi connectivity index (χ1) is 12.2. The summed E-state index contributed by atoms with van der Waals surface area (Å²) in [5.74, 6) is 0.696. The topological polar surface area (TPSA) is 73.2 Å². The Morgan fingerprint density at radius 3 is 3.04 bits per heavy atom. The van der Waals surface area contributed by atoms with Gasteiger partial charge in [0.25, 0.3) is 11.5 Å². The van der Waals surface area contributed by atoms with Crippen LogP contribution in [0, 0.1) is 0 Å². The normalized spacial score (nSPS) is 20.2. The third-order valence-corrected chi connectivity index (χ3v) is 5.09. The number of ether oxygens (including phenoxy) is 1. The van der Waals surface area contributed by atoms with Gasteiger partial charge in [-0.25, -0.2) is 4.98 Å². The minimum absolute atomic E-state index is 0.00761. The summed E-state index contributed by atoms with van der Waals surface area (Å²) < 4.78 is 7.33. The lowest BCUT2D eigenvalue weighted by atomic mass is 10.1. The van der Waals surface area contributed by atoms with E-state index in [9.17, 15) is 9.59 Å². The van der Waals surface area contributed by atoms with Crippen molar-refractivity contribution < 1.29 is 9.53 Å². The van der Waals surface area contributed by atoms with Gasteiger partial charge in [0.15, 0.2) is 0 Å². The molecule has 1 N–H and O–H groups in total. The molecule has 0 saturated carbocycles. The standard InChI is InChI=1S/C19H23N3O3/c23-18(20-12-14-5-4-10-25-14)13-7-8-15-16(11-13)21-17-6-2-1-3-9-22(17)19(15)24/h7-8,11,14H,1-6,9-10,12H2,(H,20,23)/t14-/m1/s1. The van der Waals surface area contributed by atoms with Gasteiger partial charge in [0.05, 0.1) is 17.0 Å². The van der Waals surface area contributed by atoms with Crippen LogP contribution in [0.2, 0.25) is 0 Å². The number of carbonyl (C=O) groups excluding carboxylic acids is 1. The van der Waals surface area contributed by atoms with Crippen LogP contribution in [0.1, 0.15) is 48.3 Å². The highest BCUT2D eigenvalue weighted by atomic mass is 16.5. The molecule has 4 rings (SSSR count). The Bertz CT molecular complexity index is 853. The molecule has 1 aromatic carbocycles. The monoisotopic (exact) mass is 341 g/mol. The van der Waals surface area contributed by atoms with E-state index in [2.05, 4.69) is 10.3 Å². The zero-order chi connectivity index (χ0) is 17.2. The molecule has 0 unspecified atom stereocenters. The van der Waals surface area contributed by atoms with Crippen molar-refractivity contribution in [2.24, 2.45) is 0 Å². The Hall–Kier alpha value is -2.21. The SMILES string of the molecule is O=C(NC[C@H]1CCCO1)c1ccc2c(=O)n3c(nc2c1)CCCCC3. The molecule has 0 aliphatic carbocycles. The largest absolute Gasteiger partial charge is 0.376 e. The molecular weight excluding hydrogens is 318 g/mol. The number of fused-ring (bicyclic) bond motifs is 2. The molecule has 1 atom stereocenters. The number of benzene rings is 1. The summed E-state index contributed by atoms with van der Waals surface area (Å²) in [5.41, 5.74) is 1.16. The van der Waals surface area contributed by atoms with E-state index in [-0.39, 0.29) is 17.6 Å². The number of carbonyl (C=O) groups is 1. The van der Waals surface area contributed by atoms with Crippen molar-refractivity contribution in [2.75, 3.05) is 13.2 Å². The van der Waals surface area contributed by atoms with Crippen LogP contribution in [0.5, 0.6) is 0 Å². The van der Waals surface area contributed by atoms with Gasteiger partial charge in [-0.3, -0.25) is 14.2 Å². The van der Waals surface area contributed by atoms with E-state index in [1.807, 2.05) is 0 Å². The Labute approximate surface area is 146 Å². The molecule has 3 heterocycles. The highest BCUT2D eigenvalue weighted by Gasteiger charge is 2.18. The summed E-state index contributed by atoms with van der Waals surface area (Å²) in [6.07, 6.45) is 6.17. The second-order valence-corrected chi connectivity index (χ2v) is 6.87. The van der Waals surface area contributed by atoms with Crippen LogP contribution in [0.4, 0.5) is 0 Å². The molecule has 6 heteroatoms. The number of nitrogens with zero attached hydrogens (tertiary/aromatic N) is 2. The van der Waals surface area contributed by atoms with Gasteiger partial charge in [-0.15, -0.1) is 0 Å². The van der Waals surface area contributed by atoms with Crippen LogP contribution >= 0.6 is 0 Å². The van der Waals surface area contributed by atoms with Crippen LogP contribution in [0.25, 0.3) is 10.9 Å². The summed E-state index contributed by atoms with van der Waals surface area (Å²) in [7, 11) is 0. The van der Waals surface area contributed by atoms with E-state index in [0.29, 0.717) is 23.0 Å². The maximum Gasteiger partial charge on any atom is 0.261 e. The molecular formula is C19H23N3O3. The smallest absolute Gasteiger partial charge is 0.261 e. The van der Waals surface area contributed by atoms with Crippen molar-refractivity contribution in [3.05, 3.63) is 39.9 Å². The predicted octanol–water partition coefficient (Wildman–Crippen LogP) is 2.03. The average Bonchev–Trinajstić information content (AvgIpc) is 3.04. The zero-order valence-corrected chi connectivity index (χ0v) is 14.3. The quantitative estimate of drug-likeness (QED) is 0.927. The number of hydrogen-bond donors (Lipinski definition) is 1. The van der Waals surface area contributed by atoms with Crippen LogP contribution in [0.15, 0.2) is 23.0 Å². The van der Waals surface area contributed by atoms with Crippen molar-refractivity contribution in [3.63, 3.8) is 0 Å². The predicted molar refractivity (Wildman–Crippen MR) is 94.9 cm³/mol. The second kappa shape index (κ2) is 6.96. The highest BCUT2D eigenvalue weighted by Crippen LogP contribution is 2.17. The molecule has 1 fully saturated rings. The molecule has 0 bridgehead atoms.